The Morgan fingerprint density at radius 3 is 2.82 bits per heavy atom. The van der Waals surface area contributed by atoms with E-state index in [1.165, 1.54) is 12.1 Å². The average Bonchev–Trinajstić information content (AvgIpc) is 2.73. The fourth-order valence-electron chi connectivity index (χ4n) is 2.10. The summed E-state index contributed by atoms with van der Waals surface area (Å²) >= 11 is 0. The molecular weight excluding hydrogens is 330 g/mol. The number of fused-ring (bicyclic) bond motifs is 1. The van der Waals surface area contributed by atoms with E-state index >= 15 is 0 Å². The van der Waals surface area contributed by atoms with Crippen molar-refractivity contribution in [2.75, 3.05) is 13.1 Å². The van der Waals surface area contributed by atoms with Crippen LogP contribution in [0.25, 0.3) is 11.0 Å². The van der Waals surface area contributed by atoms with Crippen LogP contribution in [0.4, 0.5) is 4.39 Å². The average molecular weight is 351 g/mol. The zero-order valence-electron chi connectivity index (χ0n) is 12.3. The van der Waals surface area contributed by atoms with Gasteiger partial charge >= 0.3 is 0 Å². The number of imidazole rings is 1. The van der Waals surface area contributed by atoms with Gasteiger partial charge in [0, 0.05) is 26.4 Å². The smallest absolute Gasteiger partial charge is 0.220 e. The van der Waals surface area contributed by atoms with Crippen molar-refractivity contribution in [2.45, 2.75) is 19.3 Å². The molecule has 0 saturated heterocycles. The summed E-state index contributed by atoms with van der Waals surface area (Å²) < 4.78 is 15.0. The van der Waals surface area contributed by atoms with Crippen LogP contribution >= 0.6 is 24.8 Å². The number of rotatable bonds is 6. The lowest BCUT2D eigenvalue weighted by molar-refractivity contribution is -0.121. The highest BCUT2D eigenvalue weighted by Gasteiger charge is 2.08. The summed E-state index contributed by atoms with van der Waals surface area (Å²) in [5.41, 5.74) is 6.87. The predicted octanol–water partition coefficient (Wildman–Crippen LogP) is 1.95. The molecule has 1 amide bonds. The van der Waals surface area contributed by atoms with E-state index in [4.69, 9.17) is 5.73 Å². The lowest BCUT2D eigenvalue weighted by Crippen LogP contribution is -2.26. The molecular formula is C14H21Cl2FN4O. The summed E-state index contributed by atoms with van der Waals surface area (Å²) in [7, 11) is 1.85. The third kappa shape index (κ3) is 5.12. The van der Waals surface area contributed by atoms with Crippen LogP contribution < -0.4 is 11.1 Å². The second kappa shape index (κ2) is 9.61. The van der Waals surface area contributed by atoms with Gasteiger partial charge in [-0.2, -0.15) is 0 Å². The maximum Gasteiger partial charge on any atom is 0.220 e. The van der Waals surface area contributed by atoms with Crippen molar-refractivity contribution in [3.63, 3.8) is 0 Å². The number of benzene rings is 1. The highest BCUT2D eigenvalue weighted by molar-refractivity contribution is 5.85. The summed E-state index contributed by atoms with van der Waals surface area (Å²) in [6.45, 7) is 1.03. The van der Waals surface area contributed by atoms with Gasteiger partial charge in [-0.25, -0.2) is 9.37 Å². The Kier molecular flexibility index (Phi) is 9.01. The molecule has 0 bridgehead atoms. The molecule has 5 nitrogen and oxygen atoms in total. The Bertz CT molecular complexity index is 618. The molecule has 22 heavy (non-hydrogen) atoms. The number of carbonyl (C=O) groups is 1. The molecule has 1 aromatic heterocycles. The van der Waals surface area contributed by atoms with E-state index < -0.39 is 0 Å². The molecule has 1 aromatic carbocycles. The standard InChI is InChI=1S/C14H19FN4O.2ClH/c1-19-12-9-10(15)4-5-11(12)18-13(19)6-8-17-14(20)3-2-7-16;;/h4-5,9H,2-3,6-8,16H2,1H3,(H,17,20);2*1H. The summed E-state index contributed by atoms with van der Waals surface area (Å²) in [5.74, 6) is 0.548. The number of hydrogen-bond donors (Lipinski definition) is 2. The van der Waals surface area contributed by atoms with Crippen LogP contribution in [-0.4, -0.2) is 28.5 Å². The minimum Gasteiger partial charge on any atom is -0.356 e. The molecule has 0 spiro atoms. The largest absolute Gasteiger partial charge is 0.356 e. The molecule has 0 atom stereocenters. The second-order valence-corrected chi connectivity index (χ2v) is 4.71. The maximum atomic E-state index is 13.2. The van der Waals surface area contributed by atoms with Gasteiger partial charge in [0.05, 0.1) is 11.0 Å². The van der Waals surface area contributed by atoms with Crippen LogP contribution in [0.3, 0.4) is 0 Å². The van der Waals surface area contributed by atoms with E-state index in [2.05, 4.69) is 10.3 Å². The van der Waals surface area contributed by atoms with Crippen molar-refractivity contribution in [3.8, 4) is 0 Å². The number of carbonyl (C=O) groups excluding carboxylic acids is 1. The van der Waals surface area contributed by atoms with E-state index in [0.29, 0.717) is 32.4 Å². The first-order valence-electron chi connectivity index (χ1n) is 6.69. The fraction of sp³-hybridized carbons (Fsp3) is 0.429. The Balaban J connectivity index is 0.00000220. The molecule has 124 valence electrons. The number of nitrogens with one attached hydrogen (secondary N) is 1. The number of halogens is 3. The first kappa shape index (κ1) is 20.6. The number of aryl methyl sites for hydroxylation is 1. The van der Waals surface area contributed by atoms with Gasteiger partial charge in [-0.3, -0.25) is 4.79 Å². The Hall–Kier alpha value is -1.37. The highest BCUT2D eigenvalue weighted by atomic mass is 35.5. The minimum atomic E-state index is -0.276. The lowest BCUT2D eigenvalue weighted by Gasteiger charge is -2.05. The summed E-state index contributed by atoms with van der Waals surface area (Å²) in [4.78, 5) is 15.9. The molecule has 2 rings (SSSR count). The van der Waals surface area contributed by atoms with Crippen LogP contribution in [0.2, 0.25) is 0 Å². The van der Waals surface area contributed by atoms with E-state index in [-0.39, 0.29) is 36.5 Å². The van der Waals surface area contributed by atoms with E-state index in [9.17, 15) is 9.18 Å². The lowest BCUT2D eigenvalue weighted by atomic mass is 10.3. The summed E-state index contributed by atoms with van der Waals surface area (Å²) in [6.07, 6.45) is 1.75. The third-order valence-electron chi connectivity index (χ3n) is 3.21. The van der Waals surface area contributed by atoms with Gasteiger partial charge in [0.25, 0.3) is 0 Å². The predicted molar refractivity (Wildman–Crippen MR) is 90.2 cm³/mol. The zero-order chi connectivity index (χ0) is 14.5. The van der Waals surface area contributed by atoms with Crippen molar-refractivity contribution in [2.24, 2.45) is 12.8 Å². The number of hydrogen-bond acceptors (Lipinski definition) is 3. The van der Waals surface area contributed by atoms with Gasteiger partial charge in [-0.15, -0.1) is 24.8 Å². The molecule has 0 aliphatic heterocycles. The SMILES string of the molecule is Cl.Cl.Cn1c(CCNC(=O)CCCN)nc2ccc(F)cc21. The normalized spacial score (nSPS) is 9.95. The molecule has 8 heteroatoms. The van der Waals surface area contributed by atoms with Gasteiger partial charge in [0.1, 0.15) is 11.6 Å². The number of aromatic nitrogens is 2. The highest BCUT2D eigenvalue weighted by Crippen LogP contribution is 2.16. The molecule has 3 N–H and O–H groups in total. The monoisotopic (exact) mass is 350 g/mol. The van der Waals surface area contributed by atoms with Crippen molar-refractivity contribution < 1.29 is 9.18 Å². The van der Waals surface area contributed by atoms with Crippen LogP contribution in [-0.2, 0) is 18.3 Å². The Morgan fingerprint density at radius 2 is 2.14 bits per heavy atom. The first-order valence-corrected chi connectivity index (χ1v) is 6.69. The van der Waals surface area contributed by atoms with E-state index in [1.807, 2.05) is 11.6 Å². The van der Waals surface area contributed by atoms with Gasteiger partial charge in [-0.1, -0.05) is 0 Å². The van der Waals surface area contributed by atoms with Gasteiger partial charge in [0.15, 0.2) is 0 Å². The maximum absolute atomic E-state index is 13.2. The summed E-state index contributed by atoms with van der Waals surface area (Å²) in [5, 5.41) is 2.83. The molecule has 0 radical (unpaired) electrons. The number of amides is 1. The van der Waals surface area contributed by atoms with Crippen molar-refractivity contribution in [1.29, 1.82) is 0 Å². The van der Waals surface area contributed by atoms with Gasteiger partial charge in [0.2, 0.25) is 5.91 Å². The van der Waals surface area contributed by atoms with Gasteiger partial charge < -0.3 is 15.6 Å². The van der Waals surface area contributed by atoms with Crippen molar-refractivity contribution >= 4 is 41.8 Å². The summed E-state index contributed by atoms with van der Waals surface area (Å²) in [6, 6.07) is 4.52. The quantitative estimate of drug-likeness (QED) is 0.836. The number of nitrogens with two attached hydrogens (primary N) is 1. The molecule has 0 aliphatic rings. The van der Waals surface area contributed by atoms with Crippen LogP contribution in [0.1, 0.15) is 18.7 Å². The zero-order valence-corrected chi connectivity index (χ0v) is 14.0. The molecule has 1 heterocycles. The molecule has 0 unspecified atom stereocenters. The van der Waals surface area contributed by atoms with Crippen LogP contribution in [0.5, 0.6) is 0 Å². The number of nitrogens with zero attached hydrogens (tertiary/aromatic N) is 2. The topological polar surface area (TPSA) is 72.9 Å². The van der Waals surface area contributed by atoms with Crippen LogP contribution in [0.15, 0.2) is 18.2 Å². The van der Waals surface area contributed by atoms with Crippen LogP contribution in [0, 0.1) is 5.82 Å². The van der Waals surface area contributed by atoms with Crippen molar-refractivity contribution in [1.82, 2.24) is 14.9 Å². The van der Waals surface area contributed by atoms with E-state index in [0.717, 1.165) is 16.9 Å². The molecule has 2 aromatic rings. The second-order valence-electron chi connectivity index (χ2n) is 4.71. The first-order chi connectivity index (χ1) is 9.61. The van der Waals surface area contributed by atoms with Crippen molar-refractivity contribution in [3.05, 3.63) is 29.8 Å². The molecule has 0 aliphatic carbocycles. The van der Waals surface area contributed by atoms with Gasteiger partial charge in [-0.05, 0) is 31.2 Å². The third-order valence-corrected chi connectivity index (χ3v) is 3.21. The Labute approximate surface area is 141 Å². The molecule has 0 fully saturated rings. The molecule has 0 saturated carbocycles. The van der Waals surface area contributed by atoms with E-state index in [1.54, 1.807) is 6.07 Å². The minimum absolute atomic E-state index is 0. The fourth-order valence-corrected chi connectivity index (χ4v) is 2.10. The Morgan fingerprint density at radius 1 is 1.41 bits per heavy atom.